The highest BCUT2D eigenvalue weighted by molar-refractivity contribution is 5.21. The van der Waals surface area contributed by atoms with Gasteiger partial charge in [0, 0.05) is 31.3 Å². The van der Waals surface area contributed by atoms with Crippen molar-refractivity contribution in [2.24, 2.45) is 5.73 Å². The highest BCUT2D eigenvalue weighted by Gasteiger charge is 2.34. The van der Waals surface area contributed by atoms with Crippen molar-refractivity contribution in [3.8, 4) is 0 Å². The van der Waals surface area contributed by atoms with Gasteiger partial charge in [-0.15, -0.1) is 0 Å². The van der Waals surface area contributed by atoms with Crippen LogP contribution in [0.1, 0.15) is 43.6 Å². The van der Waals surface area contributed by atoms with Crippen molar-refractivity contribution in [1.82, 2.24) is 4.90 Å². The maximum absolute atomic E-state index is 6.45. The molecule has 0 spiro atoms. The lowest BCUT2D eigenvalue weighted by atomic mass is 9.78. The van der Waals surface area contributed by atoms with E-state index in [1.807, 2.05) is 0 Å². The standard InChI is InChI=1S/C18H28N2O/c1-20(16-9-11-21-12-10-16)18-13-15(7-8-17(18)19)14-5-3-2-4-6-14/h2-6,15-18H,7-13,19H2,1H3. The molecule has 1 aromatic rings. The van der Waals surface area contributed by atoms with Crippen LogP contribution in [0.25, 0.3) is 0 Å². The van der Waals surface area contributed by atoms with Gasteiger partial charge in [-0.2, -0.15) is 0 Å². The zero-order valence-corrected chi connectivity index (χ0v) is 13.1. The van der Waals surface area contributed by atoms with Gasteiger partial charge in [-0.25, -0.2) is 0 Å². The third kappa shape index (κ3) is 3.47. The molecule has 1 aliphatic carbocycles. The summed E-state index contributed by atoms with van der Waals surface area (Å²) in [5, 5.41) is 0. The van der Waals surface area contributed by atoms with E-state index < -0.39 is 0 Å². The summed E-state index contributed by atoms with van der Waals surface area (Å²) in [5.41, 5.74) is 7.94. The molecule has 2 aliphatic rings. The molecule has 0 bridgehead atoms. The van der Waals surface area contributed by atoms with E-state index in [2.05, 4.69) is 42.3 Å². The second-order valence-corrected chi connectivity index (χ2v) is 6.66. The largest absolute Gasteiger partial charge is 0.381 e. The van der Waals surface area contributed by atoms with E-state index in [1.165, 1.54) is 18.4 Å². The van der Waals surface area contributed by atoms with Gasteiger partial charge in [-0.05, 0) is 50.6 Å². The highest BCUT2D eigenvalue weighted by Crippen LogP contribution is 2.35. The lowest BCUT2D eigenvalue weighted by molar-refractivity contribution is 0.0160. The lowest BCUT2D eigenvalue weighted by Crippen LogP contribution is -2.53. The smallest absolute Gasteiger partial charge is 0.0480 e. The molecule has 1 aromatic carbocycles. The van der Waals surface area contributed by atoms with Crippen molar-refractivity contribution in [2.45, 2.75) is 56.1 Å². The fourth-order valence-corrected chi connectivity index (χ4v) is 4.03. The molecule has 0 amide bonds. The van der Waals surface area contributed by atoms with Gasteiger partial charge >= 0.3 is 0 Å². The normalized spacial score (nSPS) is 31.5. The van der Waals surface area contributed by atoms with Crippen LogP contribution in [0.4, 0.5) is 0 Å². The summed E-state index contributed by atoms with van der Waals surface area (Å²) >= 11 is 0. The number of ether oxygens (including phenoxy) is 1. The summed E-state index contributed by atoms with van der Waals surface area (Å²) in [4.78, 5) is 2.56. The third-order valence-corrected chi connectivity index (χ3v) is 5.43. The van der Waals surface area contributed by atoms with Crippen LogP contribution in [-0.4, -0.2) is 43.3 Å². The van der Waals surface area contributed by atoms with Crippen LogP contribution in [0.3, 0.4) is 0 Å². The fourth-order valence-electron chi connectivity index (χ4n) is 4.03. The minimum Gasteiger partial charge on any atom is -0.381 e. The second-order valence-electron chi connectivity index (χ2n) is 6.66. The van der Waals surface area contributed by atoms with Crippen LogP contribution < -0.4 is 5.73 Å². The summed E-state index contributed by atoms with van der Waals surface area (Å²) < 4.78 is 5.50. The Hall–Kier alpha value is -0.900. The lowest BCUT2D eigenvalue weighted by Gasteiger charge is -2.44. The van der Waals surface area contributed by atoms with Crippen LogP contribution in [-0.2, 0) is 4.74 Å². The molecular weight excluding hydrogens is 260 g/mol. The monoisotopic (exact) mass is 288 g/mol. The second kappa shape index (κ2) is 6.91. The predicted molar refractivity (Wildman–Crippen MR) is 86.4 cm³/mol. The maximum Gasteiger partial charge on any atom is 0.0480 e. The average molecular weight is 288 g/mol. The number of hydrogen-bond acceptors (Lipinski definition) is 3. The first kappa shape index (κ1) is 15.0. The predicted octanol–water partition coefficient (Wildman–Crippen LogP) is 2.76. The summed E-state index contributed by atoms with van der Waals surface area (Å²) in [6.45, 7) is 1.80. The number of nitrogens with two attached hydrogens (primary N) is 1. The summed E-state index contributed by atoms with van der Waals surface area (Å²) in [6, 6.07) is 12.4. The van der Waals surface area contributed by atoms with Crippen molar-refractivity contribution in [3.05, 3.63) is 35.9 Å². The summed E-state index contributed by atoms with van der Waals surface area (Å²) in [5.74, 6) is 0.665. The third-order valence-electron chi connectivity index (χ3n) is 5.43. The van der Waals surface area contributed by atoms with Gasteiger partial charge in [0.15, 0.2) is 0 Å². The van der Waals surface area contributed by atoms with Gasteiger partial charge in [0.05, 0.1) is 0 Å². The van der Waals surface area contributed by atoms with E-state index in [1.54, 1.807) is 0 Å². The Morgan fingerprint density at radius 1 is 1.05 bits per heavy atom. The van der Waals surface area contributed by atoms with E-state index in [0.29, 0.717) is 24.0 Å². The minimum absolute atomic E-state index is 0.317. The molecule has 3 nitrogen and oxygen atoms in total. The van der Waals surface area contributed by atoms with Crippen LogP contribution in [0.2, 0.25) is 0 Å². The van der Waals surface area contributed by atoms with Gasteiger partial charge in [-0.3, -0.25) is 4.90 Å². The molecule has 1 saturated carbocycles. The highest BCUT2D eigenvalue weighted by atomic mass is 16.5. The molecule has 2 fully saturated rings. The maximum atomic E-state index is 6.45. The van der Waals surface area contributed by atoms with Gasteiger partial charge in [0.25, 0.3) is 0 Å². The van der Waals surface area contributed by atoms with E-state index >= 15 is 0 Å². The van der Waals surface area contributed by atoms with E-state index in [0.717, 1.165) is 32.5 Å². The Morgan fingerprint density at radius 3 is 2.48 bits per heavy atom. The van der Waals surface area contributed by atoms with E-state index in [4.69, 9.17) is 10.5 Å². The molecular formula is C18H28N2O. The quantitative estimate of drug-likeness (QED) is 0.929. The van der Waals surface area contributed by atoms with Crippen molar-refractivity contribution >= 4 is 0 Å². The number of likely N-dealkylation sites (N-methyl/N-ethyl adjacent to an activating group) is 1. The van der Waals surface area contributed by atoms with Gasteiger partial charge < -0.3 is 10.5 Å². The summed E-state index contributed by atoms with van der Waals surface area (Å²) in [6.07, 6.45) is 5.85. The first-order valence-electron chi connectivity index (χ1n) is 8.36. The Morgan fingerprint density at radius 2 is 1.76 bits per heavy atom. The van der Waals surface area contributed by atoms with Crippen molar-refractivity contribution < 1.29 is 4.74 Å². The number of nitrogens with zero attached hydrogens (tertiary/aromatic N) is 1. The molecule has 1 heterocycles. The number of benzene rings is 1. The molecule has 0 radical (unpaired) electrons. The molecule has 3 rings (SSSR count). The molecule has 3 unspecified atom stereocenters. The first-order chi connectivity index (χ1) is 10.3. The zero-order valence-electron chi connectivity index (χ0n) is 13.1. The molecule has 2 N–H and O–H groups in total. The molecule has 21 heavy (non-hydrogen) atoms. The number of hydrogen-bond donors (Lipinski definition) is 1. The molecule has 1 aliphatic heterocycles. The molecule has 0 aromatic heterocycles. The summed E-state index contributed by atoms with van der Waals surface area (Å²) in [7, 11) is 2.27. The molecule has 3 atom stereocenters. The zero-order chi connectivity index (χ0) is 14.7. The van der Waals surface area contributed by atoms with Crippen LogP contribution in [0.15, 0.2) is 30.3 Å². The van der Waals surface area contributed by atoms with Gasteiger partial charge in [0.2, 0.25) is 0 Å². The van der Waals surface area contributed by atoms with E-state index in [-0.39, 0.29) is 0 Å². The Kier molecular flexibility index (Phi) is 4.94. The topological polar surface area (TPSA) is 38.5 Å². The fraction of sp³-hybridized carbons (Fsp3) is 0.667. The Labute approximate surface area is 128 Å². The molecule has 116 valence electrons. The van der Waals surface area contributed by atoms with Gasteiger partial charge in [-0.1, -0.05) is 30.3 Å². The van der Waals surface area contributed by atoms with Gasteiger partial charge in [0.1, 0.15) is 0 Å². The Balaban J connectivity index is 1.68. The van der Waals surface area contributed by atoms with Crippen LogP contribution in [0.5, 0.6) is 0 Å². The van der Waals surface area contributed by atoms with E-state index in [9.17, 15) is 0 Å². The minimum atomic E-state index is 0.317. The first-order valence-corrected chi connectivity index (χ1v) is 8.36. The van der Waals surface area contributed by atoms with Crippen LogP contribution in [0, 0.1) is 0 Å². The molecule has 3 heteroatoms. The SMILES string of the molecule is CN(C1CCOCC1)C1CC(c2ccccc2)CCC1N. The van der Waals surface area contributed by atoms with Crippen molar-refractivity contribution in [1.29, 1.82) is 0 Å². The average Bonchev–Trinajstić information content (AvgIpc) is 2.56. The Bertz CT molecular complexity index is 430. The van der Waals surface area contributed by atoms with Crippen molar-refractivity contribution in [3.63, 3.8) is 0 Å². The number of rotatable bonds is 3. The van der Waals surface area contributed by atoms with Crippen LogP contribution >= 0.6 is 0 Å². The van der Waals surface area contributed by atoms with Crippen molar-refractivity contribution in [2.75, 3.05) is 20.3 Å². The molecule has 1 saturated heterocycles.